The number of hydrogen-bond donors (Lipinski definition) is 0. The van der Waals surface area contributed by atoms with Crippen LogP contribution in [0.15, 0.2) is 235 Å². The van der Waals surface area contributed by atoms with Gasteiger partial charge in [0.2, 0.25) is 11.8 Å². The molecule has 0 fully saturated rings. The smallest absolute Gasteiger partial charge is 0.248 e. The van der Waals surface area contributed by atoms with Gasteiger partial charge in [0.25, 0.3) is 0 Å². The number of rotatable bonds is 4. The molecule has 15 rings (SSSR count). The van der Waals surface area contributed by atoms with E-state index in [1.54, 1.807) is 0 Å². The van der Waals surface area contributed by atoms with E-state index in [4.69, 9.17) is 4.42 Å². The zero-order valence-electron chi connectivity index (χ0n) is 36.2. The highest BCUT2D eigenvalue weighted by molar-refractivity contribution is 5.97. The summed E-state index contributed by atoms with van der Waals surface area (Å²) in [5.41, 5.74) is 26.8. The van der Waals surface area contributed by atoms with Crippen LogP contribution in [0.2, 0.25) is 0 Å². The van der Waals surface area contributed by atoms with E-state index in [2.05, 4.69) is 241 Å². The first kappa shape index (κ1) is 36.7. The third kappa shape index (κ3) is 4.75. The number of hydrogen-bond acceptors (Lipinski definition) is 3. The first-order valence-electron chi connectivity index (χ1n) is 23.1. The van der Waals surface area contributed by atoms with Crippen LogP contribution in [0.5, 0.6) is 0 Å². The van der Waals surface area contributed by atoms with Gasteiger partial charge < -0.3 is 4.42 Å². The summed E-state index contributed by atoms with van der Waals surface area (Å²) in [5, 5.41) is 9.05. The molecule has 0 saturated heterocycles. The molecule has 4 aliphatic rings. The molecule has 10 aromatic carbocycles. The summed E-state index contributed by atoms with van der Waals surface area (Å²) >= 11 is 0. The number of aromatic nitrogens is 2. The van der Waals surface area contributed by atoms with Crippen molar-refractivity contribution in [3.05, 3.63) is 275 Å². The molecule has 4 aliphatic carbocycles. The Morgan fingerprint density at radius 3 is 0.761 bits per heavy atom. The fourth-order valence-corrected chi connectivity index (χ4v) is 12.6. The van der Waals surface area contributed by atoms with Crippen molar-refractivity contribution in [3.63, 3.8) is 0 Å². The van der Waals surface area contributed by atoms with Gasteiger partial charge in [-0.25, -0.2) is 0 Å². The van der Waals surface area contributed by atoms with Crippen LogP contribution in [0.3, 0.4) is 0 Å². The van der Waals surface area contributed by atoms with Crippen LogP contribution >= 0.6 is 0 Å². The fraction of sp³-hybridized carbons (Fsp3) is 0.0312. The average Bonchev–Trinajstić information content (AvgIpc) is 4.21. The van der Waals surface area contributed by atoms with Crippen LogP contribution in [-0.4, -0.2) is 10.2 Å². The lowest BCUT2D eigenvalue weighted by molar-refractivity contribution is 0.584. The molecule has 0 N–H and O–H groups in total. The SMILES string of the molecule is c1ccc2c(c1)-c1ccccc1C21c2ccccc2-c2ccc(-c3ccc(-c4nnc(-c5ccc(-c6ccc7c(c6)C6(c8ccccc8-c8ccccc86)c6ccccc6-7)cc5)o4)cc3)cc21. The van der Waals surface area contributed by atoms with E-state index in [1.807, 2.05) is 0 Å². The molecule has 2 spiro atoms. The Balaban J connectivity index is 0.745. The second-order valence-electron chi connectivity index (χ2n) is 18.4. The Hall–Kier alpha value is -8.66. The van der Waals surface area contributed by atoms with Gasteiger partial charge in [0.15, 0.2) is 0 Å². The Morgan fingerprint density at radius 1 is 0.224 bits per heavy atom. The standard InChI is InChI=1S/C64H38N2O/c1-7-19-53-45(13-1)46-14-2-8-20-54(46)63(53)57-23-11-5-17-49(57)51-35-33-43(37-59(51)63)39-25-29-41(30-26-39)61-65-66-62(67-61)42-31-27-40(28-32-42)44-34-36-52-50-18-6-12-24-58(50)64(60(52)38-44)55-21-9-3-15-47(55)48-16-4-10-22-56(48)64/h1-38H. The van der Waals surface area contributed by atoms with Crippen LogP contribution in [0.25, 0.3) is 89.7 Å². The predicted molar refractivity (Wildman–Crippen MR) is 269 cm³/mol. The minimum atomic E-state index is -0.376. The van der Waals surface area contributed by atoms with Crippen molar-refractivity contribution in [2.24, 2.45) is 0 Å². The van der Waals surface area contributed by atoms with Gasteiger partial charge in [-0.2, -0.15) is 0 Å². The Morgan fingerprint density at radius 2 is 0.463 bits per heavy atom. The van der Waals surface area contributed by atoms with Crippen molar-refractivity contribution in [2.45, 2.75) is 10.8 Å². The zero-order valence-corrected chi connectivity index (χ0v) is 36.2. The summed E-state index contributed by atoms with van der Waals surface area (Å²) in [6.45, 7) is 0. The van der Waals surface area contributed by atoms with Crippen molar-refractivity contribution >= 4 is 0 Å². The first-order chi connectivity index (χ1) is 33.2. The summed E-state index contributed by atoms with van der Waals surface area (Å²) < 4.78 is 6.38. The molecule has 3 heteroatoms. The second-order valence-corrected chi connectivity index (χ2v) is 18.4. The summed E-state index contributed by atoms with van der Waals surface area (Å²) in [6.07, 6.45) is 0. The molecular weight excluding hydrogens is 813 g/mol. The molecule has 0 atom stereocenters. The molecule has 0 bridgehead atoms. The van der Waals surface area contributed by atoms with Crippen molar-refractivity contribution in [2.75, 3.05) is 0 Å². The summed E-state index contributed by atoms with van der Waals surface area (Å²) in [4.78, 5) is 0. The Kier molecular flexibility index (Phi) is 7.36. The van der Waals surface area contributed by atoms with E-state index in [0.29, 0.717) is 11.8 Å². The van der Waals surface area contributed by atoms with Crippen LogP contribution in [0.1, 0.15) is 44.5 Å². The molecule has 0 unspecified atom stereocenters. The lowest BCUT2D eigenvalue weighted by atomic mass is 9.70. The van der Waals surface area contributed by atoms with Crippen molar-refractivity contribution in [1.29, 1.82) is 0 Å². The van der Waals surface area contributed by atoms with E-state index >= 15 is 0 Å². The van der Waals surface area contributed by atoms with Crippen LogP contribution in [-0.2, 0) is 10.8 Å². The van der Waals surface area contributed by atoms with Gasteiger partial charge in [-0.3, -0.25) is 0 Å². The maximum atomic E-state index is 6.38. The van der Waals surface area contributed by atoms with Gasteiger partial charge in [0, 0.05) is 11.1 Å². The van der Waals surface area contributed by atoms with E-state index in [9.17, 15) is 0 Å². The molecule has 1 aromatic heterocycles. The quantitative estimate of drug-likeness (QED) is 0.177. The summed E-state index contributed by atoms with van der Waals surface area (Å²) in [6, 6.07) is 84.8. The third-order valence-electron chi connectivity index (χ3n) is 15.3. The second kappa shape index (κ2) is 13.4. The summed E-state index contributed by atoms with van der Waals surface area (Å²) in [5.74, 6) is 0.988. The molecule has 67 heavy (non-hydrogen) atoms. The van der Waals surface area contributed by atoms with Gasteiger partial charge in [-0.1, -0.05) is 194 Å². The van der Waals surface area contributed by atoms with Gasteiger partial charge >= 0.3 is 0 Å². The predicted octanol–water partition coefficient (Wildman–Crippen LogP) is 15.4. The minimum Gasteiger partial charge on any atom is -0.416 e. The van der Waals surface area contributed by atoms with E-state index in [1.165, 1.54) is 100 Å². The number of nitrogens with zero attached hydrogens (tertiary/aromatic N) is 2. The molecule has 0 amide bonds. The molecule has 310 valence electrons. The molecule has 3 nitrogen and oxygen atoms in total. The highest BCUT2D eigenvalue weighted by Crippen LogP contribution is 2.64. The Labute approximate surface area is 388 Å². The van der Waals surface area contributed by atoms with Crippen LogP contribution < -0.4 is 0 Å². The Bertz CT molecular complexity index is 3490. The van der Waals surface area contributed by atoms with Crippen LogP contribution in [0.4, 0.5) is 0 Å². The maximum Gasteiger partial charge on any atom is 0.248 e. The molecule has 0 saturated carbocycles. The van der Waals surface area contributed by atoms with Gasteiger partial charge in [0.1, 0.15) is 0 Å². The van der Waals surface area contributed by atoms with E-state index in [-0.39, 0.29) is 10.8 Å². The van der Waals surface area contributed by atoms with Gasteiger partial charge in [-0.05, 0) is 148 Å². The third-order valence-corrected chi connectivity index (χ3v) is 15.3. The monoisotopic (exact) mass is 850 g/mol. The lowest BCUT2D eigenvalue weighted by Gasteiger charge is -2.30. The number of fused-ring (bicyclic) bond motifs is 20. The molecule has 1 heterocycles. The zero-order chi connectivity index (χ0) is 43.8. The largest absolute Gasteiger partial charge is 0.416 e. The first-order valence-corrected chi connectivity index (χ1v) is 23.1. The molecule has 0 radical (unpaired) electrons. The van der Waals surface area contributed by atoms with Crippen molar-refractivity contribution < 1.29 is 4.42 Å². The van der Waals surface area contributed by atoms with Crippen molar-refractivity contribution in [1.82, 2.24) is 10.2 Å². The van der Waals surface area contributed by atoms with Gasteiger partial charge in [-0.15, -0.1) is 10.2 Å². The molecule has 11 aromatic rings. The highest BCUT2D eigenvalue weighted by Gasteiger charge is 2.53. The highest BCUT2D eigenvalue weighted by atomic mass is 16.4. The van der Waals surface area contributed by atoms with E-state index in [0.717, 1.165) is 22.3 Å². The lowest BCUT2D eigenvalue weighted by Crippen LogP contribution is -2.25. The normalized spacial score (nSPS) is 14.2. The van der Waals surface area contributed by atoms with Gasteiger partial charge in [0.05, 0.1) is 10.8 Å². The minimum absolute atomic E-state index is 0.376. The van der Waals surface area contributed by atoms with E-state index < -0.39 is 0 Å². The molecule has 0 aliphatic heterocycles. The number of benzene rings is 10. The average molecular weight is 851 g/mol. The maximum absolute atomic E-state index is 6.38. The fourth-order valence-electron chi connectivity index (χ4n) is 12.6. The topological polar surface area (TPSA) is 38.9 Å². The summed E-state index contributed by atoms with van der Waals surface area (Å²) in [7, 11) is 0. The van der Waals surface area contributed by atoms with Crippen LogP contribution in [0, 0.1) is 0 Å². The van der Waals surface area contributed by atoms with Crippen molar-refractivity contribution in [3.8, 4) is 89.7 Å². The molecular formula is C64H38N2O.